The molecule has 0 radical (unpaired) electrons. The normalized spacial score (nSPS) is 19.2. The molecule has 1 atom stereocenters. The predicted molar refractivity (Wildman–Crippen MR) is 51.5 cm³/mol. The molecule has 1 aromatic carbocycles. The fourth-order valence-corrected chi connectivity index (χ4v) is 1.61. The van der Waals surface area contributed by atoms with Crippen molar-refractivity contribution >= 4 is 17.5 Å². The average Bonchev–Trinajstić information content (AvgIpc) is 2.94. The molecule has 0 aliphatic carbocycles. The lowest BCUT2D eigenvalue weighted by Gasteiger charge is -2.01. The molecule has 2 rings (SSSR count). The minimum absolute atomic E-state index is 0.230. The van der Waals surface area contributed by atoms with Gasteiger partial charge in [-0.25, -0.2) is 4.79 Å². The molecule has 1 amide bonds. The Labute approximate surface area is 84.8 Å². The molecule has 0 N–H and O–H groups in total. The molecule has 1 aromatic rings. The highest BCUT2D eigenvalue weighted by molar-refractivity contribution is 7.95. The molecule has 1 fully saturated rings. The van der Waals surface area contributed by atoms with Gasteiger partial charge in [-0.2, -0.15) is 0 Å². The molecule has 1 saturated heterocycles. The number of hydrogen-bond acceptors (Lipinski definition) is 3. The van der Waals surface area contributed by atoms with E-state index in [1.54, 1.807) is 0 Å². The van der Waals surface area contributed by atoms with Crippen LogP contribution in [0, 0.1) is 0 Å². The minimum Gasteiger partial charge on any atom is -0.591 e. The highest BCUT2D eigenvalue weighted by Gasteiger charge is 2.46. The summed E-state index contributed by atoms with van der Waals surface area (Å²) in [5.41, 5.74) is 0.925. The Morgan fingerprint density at radius 1 is 1.50 bits per heavy atom. The van der Waals surface area contributed by atoms with Gasteiger partial charge in [0.25, 0.3) is 5.88 Å². The summed E-state index contributed by atoms with van der Waals surface area (Å²) in [5, 5.41) is 0. The summed E-state index contributed by atoms with van der Waals surface area (Å²) in [6.45, 7) is 0.230. The van der Waals surface area contributed by atoms with Crippen LogP contribution in [0.1, 0.15) is 5.56 Å². The van der Waals surface area contributed by atoms with Crippen LogP contribution in [-0.4, -0.2) is 20.8 Å². The molecule has 4 nitrogen and oxygen atoms in total. The van der Waals surface area contributed by atoms with E-state index in [1.165, 1.54) is 4.31 Å². The maximum Gasteiger partial charge on any atom is 0.456 e. The molecule has 0 bridgehead atoms. The van der Waals surface area contributed by atoms with Gasteiger partial charge in [-0.15, -0.1) is 0 Å². The molecule has 1 aliphatic heterocycles. The predicted octanol–water partition coefficient (Wildman–Crippen LogP) is 1.26. The number of ether oxygens (including phenoxy) is 1. The average molecular weight is 211 g/mol. The summed E-state index contributed by atoms with van der Waals surface area (Å²) in [6.07, 6.45) is -0.507. The Morgan fingerprint density at radius 3 is 2.71 bits per heavy atom. The van der Waals surface area contributed by atoms with Crippen LogP contribution in [-0.2, 0) is 22.7 Å². The Bertz CT molecular complexity index is 330. The van der Waals surface area contributed by atoms with Crippen molar-refractivity contribution in [1.29, 1.82) is 0 Å². The van der Waals surface area contributed by atoms with Gasteiger partial charge in [-0.3, -0.25) is 0 Å². The second-order valence-corrected chi connectivity index (χ2v) is 4.21. The van der Waals surface area contributed by atoms with E-state index >= 15 is 0 Å². The smallest absolute Gasteiger partial charge is 0.456 e. The zero-order valence-electron chi connectivity index (χ0n) is 7.38. The van der Waals surface area contributed by atoms with Crippen LogP contribution < -0.4 is 0 Å². The third-order valence-electron chi connectivity index (χ3n) is 1.81. The standard InChI is InChI=1S/C9H9NO3S/c11-9(10-7-14(10)12)13-6-8-4-2-1-3-5-8/h1-5H,6-7H2. The first kappa shape index (κ1) is 9.36. The van der Waals surface area contributed by atoms with E-state index in [0.717, 1.165) is 5.56 Å². The topological polar surface area (TPSA) is 52.4 Å². The Balaban J connectivity index is 1.80. The van der Waals surface area contributed by atoms with Crippen LogP contribution in [0.3, 0.4) is 0 Å². The lowest BCUT2D eigenvalue weighted by molar-refractivity contribution is 0.129. The van der Waals surface area contributed by atoms with Crippen molar-refractivity contribution in [1.82, 2.24) is 4.31 Å². The Kier molecular flexibility index (Phi) is 2.60. The Morgan fingerprint density at radius 2 is 2.14 bits per heavy atom. The highest BCUT2D eigenvalue weighted by atomic mass is 32.2. The molecule has 1 aliphatic rings. The van der Waals surface area contributed by atoms with E-state index in [-0.39, 0.29) is 6.61 Å². The largest absolute Gasteiger partial charge is 0.591 e. The summed E-state index contributed by atoms with van der Waals surface area (Å²) >= 11 is -1.13. The first-order valence-electron chi connectivity index (χ1n) is 4.14. The van der Waals surface area contributed by atoms with Gasteiger partial charge in [0.2, 0.25) is 0 Å². The highest BCUT2D eigenvalue weighted by Crippen LogP contribution is 2.20. The molecule has 0 saturated carbocycles. The maximum atomic E-state index is 11.1. The van der Waals surface area contributed by atoms with Crippen molar-refractivity contribution in [2.45, 2.75) is 6.61 Å². The van der Waals surface area contributed by atoms with Crippen LogP contribution in [0.25, 0.3) is 0 Å². The third kappa shape index (κ3) is 2.18. The van der Waals surface area contributed by atoms with E-state index in [4.69, 9.17) is 4.74 Å². The summed E-state index contributed by atoms with van der Waals surface area (Å²) in [6, 6.07) is 9.38. The fraction of sp³-hybridized carbons (Fsp3) is 0.222. The fourth-order valence-electron chi connectivity index (χ4n) is 1.00. The van der Waals surface area contributed by atoms with Gasteiger partial charge in [0.15, 0.2) is 0 Å². The van der Waals surface area contributed by atoms with Gasteiger partial charge in [0.1, 0.15) is 18.0 Å². The zero-order chi connectivity index (χ0) is 9.97. The minimum atomic E-state index is -1.13. The van der Waals surface area contributed by atoms with Crippen LogP contribution in [0.15, 0.2) is 30.3 Å². The Hall–Kier alpha value is -1.20. The number of carbonyl (C=O) groups is 1. The van der Waals surface area contributed by atoms with Crippen LogP contribution in [0.2, 0.25) is 0 Å². The summed E-state index contributed by atoms with van der Waals surface area (Å²) < 4.78 is 16.8. The molecule has 1 unspecified atom stereocenters. The monoisotopic (exact) mass is 211 g/mol. The van der Waals surface area contributed by atoms with Crippen molar-refractivity contribution < 1.29 is 14.1 Å². The molecule has 5 heteroatoms. The van der Waals surface area contributed by atoms with E-state index < -0.39 is 17.5 Å². The van der Waals surface area contributed by atoms with Gasteiger partial charge in [0.05, 0.1) is 0 Å². The lowest BCUT2D eigenvalue weighted by atomic mass is 10.2. The van der Waals surface area contributed by atoms with Crippen molar-refractivity contribution in [3.63, 3.8) is 0 Å². The quantitative estimate of drug-likeness (QED) is 0.546. The van der Waals surface area contributed by atoms with Crippen molar-refractivity contribution in [3.05, 3.63) is 35.9 Å². The zero-order valence-corrected chi connectivity index (χ0v) is 8.20. The number of hydrogen-bond donors (Lipinski definition) is 0. The first-order valence-corrected chi connectivity index (χ1v) is 5.41. The molecule has 0 spiro atoms. The van der Waals surface area contributed by atoms with Crippen molar-refractivity contribution in [3.8, 4) is 0 Å². The SMILES string of the molecule is O=C(OCc1ccccc1)N1C[S+]1[O-]. The molecule has 74 valence electrons. The first-order chi connectivity index (χ1) is 6.77. The van der Waals surface area contributed by atoms with Crippen LogP contribution in [0.4, 0.5) is 4.79 Å². The van der Waals surface area contributed by atoms with Crippen LogP contribution in [0.5, 0.6) is 0 Å². The molecular weight excluding hydrogens is 202 g/mol. The third-order valence-corrected chi connectivity index (χ3v) is 2.76. The van der Waals surface area contributed by atoms with Crippen LogP contribution >= 0.6 is 0 Å². The van der Waals surface area contributed by atoms with E-state index in [0.29, 0.717) is 5.88 Å². The number of rotatable bonds is 2. The summed E-state index contributed by atoms with van der Waals surface area (Å²) in [4.78, 5) is 11.1. The molecular formula is C9H9NO3S. The molecule has 0 aromatic heterocycles. The number of nitrogens with zero attached hydrogens (tertiary/aromatic N) is 1. The number of benzene rings is 1. The van der Waals surface area contributed by atoms with Gasteiger partial charge in [-0.1, -0.05) is 34.6 Å². The van der Waals surface area contributed by atoms with Crippen molar-refractivity contribution in [2.75, 3.05) is 5.88 Å². The number of carbonyl (C=O) groups excluding carboxylic acids is 1. The van der Waals surface area contributed by atoms with Gasteiger partial charge in [0, 0.05) is 0 Å². The molecule has 14 heavy (non-hydrogen) atoms. The second kappa shape index (κ2) is 3.89. The number of amides is 1. The van der Waals surface area contributed by atoms with E-state index in [1.807, 2.05) is 30.3 Å². The lowest BCUT2D eigenvalue weighted by Crippen LogP contribution is -2.13. The molecule has 1 heterocycles. The van der Waals surface area contributed by atoms with Gasteiger partial charge in [-0.05, 0) is 5.56 Å². The summed E-state index contributed by atoms with van der Waals surface area (Å²) in [5.74, 6) is 0.299. The van der Waals surface area contributed by atoms with E-state index in [2.05, 4.69) is 0 Å². The van der Waals surface area contributed by atoms with Gasteiger partial charge < -0.3 is 9.29 Å². The maximum absolute atomic E-state index is 11.1. The van der Waals surface area contributed by atoms with Gasteiger partial charge >= 0.3 is 6.09 Å². The van der Waals surface area contributed by atoms with Crippen molar-refractivity contribution in [2.24, 2.45) is 0 Å². The van der Waals surface area contributed by atoms with E-state index in [9.17, 15) is 9.35 Å². The second-order valence-electron chi connectivity index (χ2n) is 2.87. The summed E-state index contributed by atoms with van der Waals surface area (Å²) in [7, 11) is 0.